The Labute approximate surface area is 117 Å². The Morgan fingerprint density at radius 2 is 2.00 bits per heavy atom. The lowest BCUT2D eigenvalue weighted by molar-refractivity contribution is 0.310. The summed E-state index contributed by atoms with van der Waals surface area (Å²) in [7, 11) is 4.29. The molecule has 3 nitrogen and oxygen atoms in total. The third-order valence-electron chi connectivity index (χ3n) is 3.76. The lowest BCUT2D eigenvalue weighted by Gasteiger charge is -2.27. The van der Waals surface area contributed by atoms with Gasteiger partial charge in [-0.3, -0.25) is 0 Å². The Bertz CT molecular complexity index is 342. The van der Waals surface area contributed by atoms with E-state index in [4.69, 9.17) is 0 Å². The van der Waals surface area contributed by atoms with Crippen LogP contribution in [0.2, 0.25) is 0 Å². The summed E-state index contributed by atoms with van der Waals surface area (Å²) in [5.74, 6) is 0. The smallest absolute Gasteiger partial charge is 0.0451 e. The van der Waals surface area contributed by atoms with Gasteiger partial charge in [-0.2, -0.15) is 0 Å². The molecule has 0 saturated carbocycles. The predicted molar refractivity (Wildman–Crippen MR) is 81.4 cm³/mol. The van der Waals surface area contributed by atoms with Crippen LogP contribution in [0.25, 0.3) is 0 Å². The molecule has 0 aliphatic carbocycles. The van der Waals surface area contributed by atoms with Gasteiger partial charge in [0.1, 0.15) is 0 Å². The molecule has 2 unspecified atom stereocenters. The van der Waals surface area contributed by atoms with Gasteiger partial charge in [-0.05, 0) is 52.0 Å². The largest absolute Gasteiger partial charge is 0.317 e. The monoisotopic (exact) mass is 261 g/mol. The summed E-state index contributed by atoms with van der Waals surface area (Å²) in [5, 5.41) is 7.34. The Hall–Kier alpha value is -0.900. The van der Waals surface area contributed by atoms with E-state index in [9.17, 15) is 0 Å². The highest BCUT2D eigenvalue weighted by atomic mass is 15.1. The van der Waals surface area contributed by atoms with Gasteiger partial charge in [0.05, 0.1) is 0 Å². The van der Waals surface area contributed by atoms with Crippen LogP contribution in [-0.4, -0.2) is 44.7 Å². The van der Waals surface area contributed by atoms with Crippen molar-refractivity contribution in [3.8, 4) is 0 Å². The number of nitrogens with zero attached hydrogens (tertiary/aromatic N) is 1. The van der Waals surface area contributed by atoms with Crippen LogP contribution in [0.1, 0.15) is 30.9 Å². The first-order valence-electron chi connectivity index (χ1n) is 7.42. The Balaban J connectivity index is 2.00. The molecule has 19 heavy (non-hydrogen) atoms. The van der Waals surface area contributed by atoms with Gasteiger partial charge in [0.15, 0.2) is 0 Å². The van der Waals surface area contributed by atoms with Crippen LogP contribution >= 0.6 is 0 Å². The lowest BCUT2D eigenvalue weighted by Crippen LogP contribution is -2.38. The molecule has 1 aliphatic heterocycles. The van der Waals surface area contributed by atoms with Gasteiger partial charge in [-0.1, -0.05) is 30.3 Å². The zero-order valence-corrected chi connectivity index (χ0v) is 12.2. The molecule has 3 heteroatoms. The minimum absolute atomic E-state index is 0.430. The number of rotatable bonds is 5. The second-order valence-corrected chi connectivity index (χ2v) is 5.77. The second-order valence-electron chi connectivity index (χ2n) is 5.77. The molecule has 0 amide bonds. The van der Waals surface area contributed by atoms with E-state index in [1.165, 1.54) is 31.4 Å². The van der Waals surface area contributed by atoms with E-state index in [1.807, 2.05) is 0 Å². The van der Waals surface area contributed by atoms with Crippen molar-refractivity contribution in [3.05, 3.63) is 35.9 Å². The first kappa shape index (κ1) is 14.5. The highest BCUT2D eigenvalue weighted by Gasteiger charge is 2.18. The molecule has 2 rings (SSSR count). The van der Waals surface area contributed by atoms with Gasteiger partial charge in [-0.15, -0.1) is 0 Å². The minimum atomic E-state index is 0.430. The van der Waals surface area contributed by atoms with Crippen molar-refractivity contribution in [1.29, 1.82) is 0 Å². The fraction of sp³-hybridized carbons (Fsp3) is 0.625. The highest BCUT2D eigenvalue weighted by Crippen LogP contribution is 2.17. The van der Waals surface area contributed by atoms with Crippen LogP contribution in [0.5, 0.6) is 0 Å². The SMILES string of the molecule is CN(C)CC(NC1CCCNCC1)c1ccccc1. The Kier molecular flexibility index (Phi) is 5.83. The molecule has 1 fully saturated rings. The van der Waals surface area contributed by atoms with Crippen molar-refractivity contribution in [1.82, 2.24) is 15.5 Å². The van der Waals surface area contributed by atoms with E-state index >= 15 is 0 Å². The maximum absolute atomic E-state index is 3.86. The number of nitrogens with one attached hydrogen (secondary N) is 2. The van der Waals surface area contributed by atoms with Gasteiger partial charge in [-0.25, -0.2) is 0 Å². The Morgan fingerprint density at radius 3 is 2.74 bits per heavy atom. The fourth-order valence-electron chi connectivity index (χ4n) is 2.78. The average molecular weight is 261 g/mol. The summed E-state index contributed by atoms with van der Waals surface area (Å²) in [6.45, 7) is 3.36. The summed E-state index contributed by atoms with van der Waals surface area (Å²) in [5.41, 5.74) is 1.40. The summed E-state index contributed by atoms with van der Waals surface area (Å²) >= 11 is 0. The summed E-state index contributed by atoms with van der Waals surface area (Å²) in [6.07, 6.45) is 3.79. The van der Waals surface area contributed by atoms with Crippen LogP contribution in [0.4, 0.5) is 0 Å². The highest BCUT2D eigenvalue weighted by molar-refractivity contribution is 5.19. The number of likely N-dealkylation sites (N-methyl/N-ethyl adjacent to an activating group) is 1. The zero-order valence-electron chi connectivity index (χ0n) is 12.2. The molecule has 106 valence electrons. The molecule has 2 N–H and O–H groups in total. The first-order valence-corrected chi connectivity index (χ1v) is 7.42. The number of benzene rings is 1. The average Bonchev–Trinajstić information content (AvgIpc) is 2.67. The van der Waals surface area contributed by atoms with Gasteiger partial charge >= 0.3 is 0 Å². The molecule has 1 aromatic rings. The number of hydrogen-bond acceptors (Lipinski definition) is 3. The van der Waals surface area contributed by atoms with Crippen molar-refractivity contribution in [3.63, 3.8) is 0 Å². The van der Waals surface area contributed by atoms with Crippen molar-refractivity contribution in [2.45, 2.75) is 31.3 Å². The Morgan fingerprint density at radius 1 is 1.21 bits per heavy atom. The topological polar surface area (TPSA) is 27.3 Å². The summed E-state index contributed by atoms with van der Waals surface area (Å²) < 4.78 is 0. The van der Waals surface area contributed by atoms with E-state index in [0.717, 1.165) is 13.1 Å². The van der Waals surface area contributed by atoms with Crippen molar-refractivity contribution < 1.29 is 0 Å². The van der Waals surface area contributed by atoms with Gasteiger partial charge in [0.25, 0.3) is 0 Å². The lowest BCUT2D eigenvalue weighted by atomic mass is 10.0. The van der Waals surface area contributed by atoms with Gasteiger partial charge < -0.3 is 15.5 Å². The van der Waals surface area contributed by atoms with Crippen LogP contribution in [-0.2, 0) is 0 Å². The van der Waals surface area contributed by atoms with Crippen molar-refractivity contribution in [2.75, 3.05) is 33.7 Å². The first-order chi connectivity index (χ1) is 9.25. The van der Waals surface area contributed by atoms with Gasteiger partial charge in [0.2, 0.25) is 0 Å². The van der Waals surface area contributed by atoms with Crippen molar-refractivity contribution >= 4 is 0 Å². The maximum atomic E-state index is 3.86. The number of hydrogen-bond donors (Lipinski definition) is 2. The molecule has 1 aliphatic rings. The van der Waals surface area contributed by atoms with E-state index in [0.29, 0.717) is 12.1 Å². The van der Waals surface area contributed by atoms with Crippen LogP contribution in [0.15, 0.2) is 30.3 Å². The quantitative estimate of drug-likeness (QED) is 0.849. The van der Waals surface area contributed by atoms with E-state index in [-0.39, 0.29) is 0 Å². The second kappa shape index (κ2) is 7.63. The molecular weight excluding hydrogens is 234 g/mol. The van der Waals surface area contributed by atoms with Crippen molar-refractivity contribution in [2.24, 2.45) is 0 Å². The molecule has 1 saturated heterocycles. The molecule has 0 radical (unpaired) electrons. The fourth-order valence-corrected chi connectivity index (χ4v) is 2.78. The zero-order chi connectivity index (χ0) is 13.5. The maximum Gasteiger partial charge on any atom is 0.0451 e. The summed E-state index contributed by atoms with van der Waals surface area (Å²) in [6, 6.07) is 11.9. The van der Waals surface area contributed by atoms with E-state index in [2.05, 4.69) is 60.0 Å². The minimum Gasteiger partial charge on any atom is -0.317 e. The molecular formula is C16H27N3. The standard InChI is InChI=1S/C16H27N3/c1-19(2)13-16(14-7-4-3-5-8-14)18-15-9-6-11-17-12-10-15/h3-5,7-8,15-18H,6,9-13H2,1-2H3. The van der Waals surface area contributed by atoms with Crippen LogP contribution in [0.3, 0.4) is 0 Å². The normalized spacial score (nSPS) is 22.2. The molecule has 0 spiro atoms. The molecule has 1 aromatic carbocycles. The molecule has 0 aromatic heterocycles. The molecule has 1 heterocycles. The van der Waals surface area contributed by atoms with Crippen LogP contribution in [0, 0.1) is 0 Å². The molecule has 0 bridgehead atoms. The third kappa shape index (κ3) is 4.94. The predicted octanol–water partition coefficient (Wildman–Crippen LogP) is 2.02. The third-order valence-corrected chi connectivity index (χ3v) is 3.76. The molecule has 2 atom stereocenters. The van der Waals surface area contributed by atoms with E-state index in [1.54, 1.807) is 0 Å². The van der Waals surface area contributed by atoms with E-state index < -0.39 is 0 Å². The summed E-state index contributed by atoms with van der Waals surface area (Å²) in [4.78, 5) is 2.26. The van der Waals surface area contributed by atoms with Gasteiger partial charge in [0, 0.05) is 18.6 Å². The van der Waals surface area contributed by atoms with Crippen LogP contribution < -0.4 is 10.6 Å².